The van der Waals surface area contributed by atoms with Crippen LogP contribution in [0.1, 0.15) is 73.0 Å². The maximum atomic E-state index is 15.7. The zero-order chi connectivity index (χ0) is 30.5. The van der Waals surface area contributed by atoms with Crippen LogP contribution >= 0.6 is 11.6 Å². The molecule has 2 saturated heterocycles. The highest BCUT2D eigenvalue weighted by atomic mass is 35.5. The zero-order valence-electron chi connectivity index (χ0n) is 24.6. The van der Waals surface area contributed by atoms with Crippen LogP contribution in [0, 0.1) is 11.2 Å². The summed E-state index contributed by atoms with van der Waals surface area (Å²) in [5.74, 6) is -1.61. The summed E-state index contributed by atoms with van der Waals surface area (Å²) >= 11 is 6.13. The highest BCUT2D eigenvalue weighted by molar-refractivity contribution is 6.30. The second-order valence-corrected chi connectivity index (χ2v) is 13.3. The number of benzene rings is 2. The Morgan fingerprint density at radius 1 is 1.02 bits per heavy atom. The Labute approximate surface area is 255 Å². The summed E-state index contributed by atoms with van der Waals surface area (Å²) in [6.07, 6.45) is 2.90. The molecule has 0 bridgehead atoms. The van der Waals surface area contributed by atoms with Crippen LogP contribution in [-0.4, -0.2) is 70.5 Å². The summed E-state index contributed by atoms with van der Waals surface area (Å²) in [5.41, 5.74) is 4.18. The van der Waals surface area contributed by atoms with Crippen LogP contribution in [0.4, 0.5) is 4.39 Å². The Bertz CT molecular complexity index is 1530. The number of amides is 4. The van der Waals surface area contributed by atoms with Gasteiger partial charge in [0.05, 0.1) is 6.54 Å². The number of allylic oxidation sites excluding steroid dienone is 1. The summed E-state index contributed by atoms with van der Waals surface area (Å²) in [6.45, 7) is 7.16. The van der Waals surface area contributed by atoms with E-state index in [4.69, 9.17) is 11.6 Å². The number of fused-ring (bicyclic) bond motifs is 1. The average molecular weight is 607 g/mol. The molecule has 1 unspecified atom stereocenters. The van der Waals surface area contributed by atoms with Crippen LogP contribution in [-0.2, 0) is 27.5 Å². The lowest BCUT2D eigenvalue weighted by Gasteiger charge is -2.38. The van der Waals surface area contributed by atoms with Gasteiger partial charge in [0.1, 0.15) is 11.9 Å². The van der Waals surface area contributed by atoms with Crippen molar-refractivity contribution in [3.8, 4) is 0 Å². The molecule has 2 aromatic rings. The first-order valence-electron chi connectivity index (χ1n) is 15.0. The molecule has 0 aromatic heterocycles. The molecule has 226 valence electrons. The summed E-state index contributed by atoms with van der Waals surface area (Å²) in [7, 11) is 0. The fourth-order valence-electron chi connectivity index (χ4n) is 6.77. The van der Waals surface area contributed by atoms with Gasteiger partial charge in [-0.15, -0.1) is 0 Å². The first kappa shape index (κ1) is 29.5. The van der Waals surface area contributed by atoms with Gasteiger partial charge in [-0.2, -0.15) is 0 Å². The quantitative estimate of drug-likeness (QED) is 0.505. The molecule has 43 heavy (non-hydrogen) atoms. The highest BCUT2D eigenvalue weighted by Crippen LogP contribution is 2.43. The highest BCUT2D eigenvalue weighted by Gasteiger charge is 2.41. The average Bonchev–Trinajstić information content (AvgIpc) is 3.31. The number of hydrogen-bond donors (Lipinski definition) is 1. The molecule has 10 heteroatoms. The Morgan fingerprint density at radius 2 is 1.74 bits per heavy atom. The standard InChI is InChI=1S/C33H36ClFN4O4/c1-33(2)12-11-24(25(17-33)20-3-6-22(34)7-4-20)31(42)38-15-13-37(14-16-38)18-21-5-8-23-26(29(21)35)19-39(32(23)43)27-9-10-28(40)36-30(27)41/h3-8,27H,9-19H2,1-2H3,(H,36,40,41). The van der Waals surface area contributed by atoms with Gasteiger partial charge < -0.3 is 9.80 Å². The van der Waals surface area contributed by atoms with Gasteiger partial charge in [-0.05, 0) is 60.4 Å². The number of carbonyl (C=O) groups is 4. The van der Waals surface area contributed by atoms with Crippen LogP contribution in [0.15, 0.2) is 42.0 Å². The Balaban J connectivity index is 1.12. The first-order valence-corrected chi connectivity index (χ1v) is 15.3. The van der Waals surface area contributed by atoms with Crippen LogP contribution < -0.4 is 5.32 Å². The third-order valence-corrected chi connectivity index (χ3v) is 9.56. The minimum absolute atomic E-state index is 0.00423. The monoisotopic (exact) mass is 606 g/mol. The number of piperidine rings is 1. The lowest BCUT2D eigenvalue weighted by Crippen LogP contribution is -2.52. The second kappa shape index (κ2) is 11.5. The molecular weight excluding hydrogens is 571 g/mol. The molecule has 4 amide bonds. The van der Waals surface area contributed by atoms with Gasteiger partial charge in [0.25, 0.3) is 5.91 Å². The van der Waals surface area contributed by atoms with Crippen molar-refractivity contribution in [3.05, 3.63) is 75.1 Å². The summed E-state index contributed by atoms with van der Waals surface area (Å²) in [6, 6.07) is 10.2. The predicted molar refractivity (Wildman–Crippen MR) is 160 cm³/mol. The number of imide groups is 1. The van der Waals surface area contributed by atoms with Crippen molar-refractivity contribution in [2.24, 2.45) is 5.41 Å². The molecule has 8 nitrogen and oxygen atoms in total. The van der Waals surface area contributed by atoms with E-state index >= 15 is 4.39 Å². The van der Waals surface area contributed by atoms with Crippen LogP contribution in [0.3, 0.4) is 0 Å². The maximum Gasteiger partial charge on any atom is 0.255 e. The largest absolute Gasteiger partial charge is 0.336 e. The fourth-order valence-corrected chi connectivity index (χ4v) is 6.89. The van der Waals surface area contributed by atoms with Crippen LogP contribution in [0.5, 0.6) is 0 Å². The van der Waals surface area contributed by atoms with Crippen molar-refractivity contribution in [3.63, 3.8) is 0 Å². The molecule has 1 N–H and O–H groups in total. The minimum atomic E-state index is -0.781. The third kappa shape index (κ3) is 5.85. The normalized spacial score (nSPS) is 22.6. The molecule has 3 aliphatic heterocycles. The molecule has 0 radical (unpaired) electrons. The molecule has 1 aliphatic carbocycles. The summed E-state index contributed by atoms with van der Waals surface area (Å²) in [5, 5.41) is 2.94. The van der Waals surface area contributed by atoms with Crippen LogP contribution in [0.2, 0.25) is 5.02 Å². The van der Waals surface area contributed by atoms with Crippen molar-refractivity contribution in [1.82, 2.24) is 20.0 Å². The van der Waals surface area contributed by atoms with Gasteiger partial charge in [0.2, 0.25) is 17.7 Å². The van der Waals surface area contributed by atoms with Crippen molar-refractivity contribution < 1.29 is 23.6 Å². The number of hydrogen-bond acceptors (Lipinski definition) is 5. The van der Waals surface area contributed by atoms with Gasteiger partial charge in [-0.1, -0.05) is 43.6 Å². The SMILES string of the molecule is CC1(C)CCC(C(=O)N2CCN(Cc3ccc4c(c3F)CN(C3CCC(=O)NC3=O)C4=O)CC2)=C(c2ccc(Cl)cc2)C1. The fraction of sp³-hybridized carbons (Fsp3) is 0.455. The molecule has 1 atom stereocenters. The van der Waals surface area contributed by atoms with E-state index in [1.165, 1.54) is 4.90 Å². The summed E-state index contributed by atoms with van der Waals surface area (Å²) < 4.78 is 15.7. The van der Waals surface area contributed by atoms with Gasteiger partial charge in [-0.3, -0.25) is 29.4 Å². The predicted octanol–water partition coefficient (Wildman–Crippen LogP) is 4.55. The van der Waals surface area contributed by atoms with Crippen molar-refractivity contribution in [1.29, 1.82) is 0 Å². The molecule has 2 aromatic carbocycles. The first-order chi connectivity index (χ1) is 20.5. The lowest BCUT2D eigenvalue weighted by molar-refractivity contribution is -0.137. The molecule has 3 heterocycles. The second-order valence-electron chi connectivity index (χ2n) is 12.8. The van der Waals surface area contributed by atoms with E-state index in [1.807, 2.05) is 29.2 Å². The van der Waals surface area contributed by atoms with Crippen molar-refractivity contribution in [2.45, 2.75) is 65.1 Å². The molecule has 4 aliphatic rings. The van der Waals surface area contributed by atoms with E-state index in [9.17, 15) is 19.2 Å². The van der Waals surface area contributed by atoms with E-state index in [1.54, 1.807) is 12.1 Å². The number of halogens is 2. The number of rotatable bonds is 5. The molecular formula is C33H36ClFN4O4. The third-order valence-electron chi connectivity index (χ3n) is 9.30. The Kier molecular flexibility index (Phi) is 7.89. The van der Waals surface area contributed by atoms with Gasteiger partial charge >= 0.3 is 0 Å². The van der Waals surface area contributed by atoms with Crippen LogP contribution in [0.25, 0.3) is 5.57 Å². The number of nitrogens with one attached hydrogen (secondary N) is 1. The van der Waals surface area contributed by atoms with E-state index in [0.29, 0.717) is 48.9 Å². The molecule has 0 saturated carbocycles. The molecule has 6 rings (SSSR count). The molecule has 0 spiro atoms. The summed E-state index contributed by atoms with van der Waals surface area (Å²) in [4.78, 5) is 56.1. The Morgan fingerprint density at radius 3 is 2.44 bits per heavy atom. The van der Waals surface area contributed by atoms with Gasteiger partial charge in [0, 0.05) is 66.4 Å². The van der Waals surface area contributed by atoms with E-state index < -0.39 is 17.8 Å². The van der Waals surface area contributed by atoms with E-state index in [-0.39, 0.29) is 48.1 Å². The topological polar surface area (TPSA) is 90.0 Å². The van der Waals surface area contributed by atoms with Crippen molar-refractivity contribution in [2.75, 3.05) is 26.2 Å². The maximum absolute atomic E-state index is 15.7. The van der Waals surface area contributed by atoms with Gasteiger partial charge in [0.15, 0.2) is 0 Å². The number of nitrogens with zero attached hydrogens (tertiary/aromatic N) is 3. The lowest BCUT2D eigenvalue weighted by atomic mass is 9.72. The van der Waals surface area contributed by atoms with Gasteiger partial charge in [-0.25, -0.2) is 4.39 Å². The Hall–Kier alpha value is -3.56. The number of carbonyl (C=O) groups excluding carboxylic acids is 4. The van der Waals surface area contributed by atoms with E-state index in [0.717, 1.165) is 36.0 Å². The minimum Gasteiger partial charge on any atom is -0.336 e. The van der Waals surface area contributed by atoms with E-state index in [2.05, 4.69) is 24.1 Å². The zero-order valence-corrected chi connectivity index (χ0v) is 25.3. The molecule has 2 fully saturated rings. The smallest absolute Gasteiger partial charge is 0.255 e. The van der Waals surface area contributed by atoms with Crippen molar-refractivity contribution >= 4 is 40.8 Å². The number of piperazine rings is 1.